The average Bonchev–Trinajstić information content (AvgIpc) is 3.45. The molecule has 2 atom stereocenters. The third-order valence-electron chi connectivity index (χ3n) is 5.08. The minimum Gasteiger partial charge on any atom is -0.497 e. The Labute approximate surface area is 142 Å². The molecule has 0 aromatic heterocycles. The molecule has 124 valence electrons. The Morgan fingerprint density at radius 3 is 2.29 bits per heavy atom. The highest BCUT2D eigenvalue weighted by Gasteiger charge is 2.55. The van der Waals surface area contributed by atoms with E-state index in [0.29, 0.717) is 5.92 Å². The van der Waals surface area contributed by atoms with E-state index in [-0.39, 0.29) is 17.9 Å². The van der Waals surface area contributed by atoms with Gasteiger partial charge in [0.15, 0.2) is 0 Å². The van der Waals surface area contributed by atoms with Crippen molar-refractivity contribution in [2.45, 2.75) is 18.9 Å². The summed E-state index contributed by atoms with van der Waals surface area (Å²) in [6.07, 6.45) is 2.30. The van der Waals surface area contributed by atoms with Gasteiger partial charge in [0.2, 0.25) is 5.91 Å². The molecule has 1 saturated heterocycles. The third kappa shape index (κ3) is 2.33. The number of methoxy groups -OCH3 is 2. The number of rotatable bonds is 5. The normalized spacial score (nSPS) is 22.9. The molecule has 4 rings (SSSR count). The molecule has 4 nitrogen and oxygen atoms in total. The number of anilines is 1. The third-order valence-corrected chi connectivity index (χ3v) is 5.08. The van der Waals surface area contributed by atoms with Crippen molar-refractivity contribution in [3.8, 4) is 11.5 Å². The fourth-order valence-corrected chi connectivity index (χ4v) is 3.70. The lowest BCUT2D eigenvalue weighted by Gasteiger charge is -2.48. The number of carbonyl (C=O) groups excluding carboxylic acids is 1. The number of carbonyl (C=O) groups is 1. The van der Waals surface area contributed by atoms with Crippen LogP contribution in [-0.2, 0) is 4.79 Å². The first-order valence-corrected chi connectivity index (χ1v) is 8.34. The second kappa shape index (κ2) is 5.86. The van der Waals surface area contributed by atoms with Crippen LogP contribution in [0, 0.1) is 11.8 Å². The quantitative estimate of drug-likeness (QED) is 0.785. The monoisotopic (exact) mass is 323 g/mol. The summed E-state index contributed by atoms with van der Waals surface area (Å²) in [4.78, 5) is 14.7. The highest BCUT2D eigenvalue weighted by molar-refractivity contribution is 6.03. The summed E-state index contributed by atoms with van der Waals surface area (Å²) in [5, 5.41) is 0. The van der Waals surface area contributed by atoms with Crippen molar-refractivity contribution in [1.29, 1.82) is 0 Å². The first-order chi connectivity index (χ1) is 11.7. The van der Waals surface area contributed by atoms with Gasteiger partial charge >= 0.3 is 0 Å². The zero-order chi connectivity index (χ0) is 16.7. The molecule has 0 spiro atoms. The van der Waals surface area contributed by atoms with E-state index >= 15 is 0 Å². The van der Waals surface area contributed by atoms with Crippen LogP contribution >= 0.6 is 0 Å². The summed E-state index contributed by atoms with van der Waals surface area (Å²) in [5.41, 5.74) is 2.00. The lowest BCUT2D eigenvalue weighted by Crippen LogP contribution is -2.56. The van der Waals surface area contributed by atoms with Gasteiger partial charge in [-0.2, -0.15) is 0 Å². The standard InChI is InChI=1S/C20H21NO3/c1-23-15-11-9-14(10-12-15)21-19(18(20(21)22)13-7-8-13)16-5-3-4-6-17(16)24-2/h3-6,9-13,18-19H,7-8H2,1-2H3/t18-,19-/m1/s1. The van der Waals surface area contributed by atoms with Gasteiger partial charge in [0.05, 0.1) is 26.2 Å². The number of β-lactam (4-membered cyclic amide) rings is 1. The van der Waals surface area contributed by atoms with Gasteiger partial charge in [-0.3, -0.25) is 4.79 Å². The van der Waals surface area contributed by atoms with Crippen molar-refractivity contribution in [2.24, 2.45) is 11.8 Å². The maximum atomic E-state index is 12.8. The molecule has 1 aliphatic carbocycles. The van der Waals surface area contributed by atoms with E-state index in [1.807, 2.05) is 47.4 Å². The van der Waals surface area contributed by atoms with E-state index in [0.717, 1.165) is 35.6 Å². The van der Waals surface area contributed by atoms with Crippen LogP contribution in [0.15, 0.2) is 48.5 Å². The summed E-state index contributed by atoms with van der Waals surface area (Å²) in [6.45, 7) is 0. The largest absolute Gasteiger partial charge is 0.497 e. The zero-order valence-electron chi connectivity index (χ0n) is 13.9. The number of para-hydroxylation sites is 1. The molecule has 24 heavy (non-hydrogen) atoms. The molecule has 1 amide bonds. The molecular formula is C20H21NO3. The Kier molecular flexibility index (Phi) is 3.68. The minimum absolute atomic E-state index is 0.0505. The van der Waals surface area contributed by atoms with E-state index in [9.17, 15) is 4.79 Å². The van der Waals surface area contributed by atoms with Crippen LogP contribution in [0.2, 0.25) is 0 Å². The number of nitrogens with zero attached hydrogens (tertiary/aromatic N) is 1. The molecule has 0 bridgehead atoms. The number of benzene rings is 2. The molecule has 0 radical (unpaired) electrons. The van der Waals surface area contributed by atoms with Gasteiger partial charge in [-0.25, -0.2) is 0 Å². The number of ether oxygens (including phenoxy) is 2. The van der Waals surface area contributed by atoms with Crippen molar-refractivity contribution in [1.82, 2.24) is 0 Å². The van der Waals surface area contributed by atoms with Crippen molar-refractivity contribution >= 4 is 11.6 Å². The molecule has 2 aliphatic rings. The lowest BCUT2D eigenvalue weighted by molar-refractivity contribution is -0.131. The number of hydrogen-bond donors (Lipinski definition) is 0. The predicted molar refractivity (Wildman–Crippen MR) is 92.4 cm³/mol. The van der Waals surface area contributed by atoms with Crippen LogP contribution in [0.25, 0.3) is 0 Å². The highest BCUT2D eigenvalue weighted by Crippen LogP contribution is 2.55. The van der Waals surface area contributed by atoms with E-state index in [2.05, 4.69) is 6.07 Å². The molecular weight excluding hydrogens is 302 g/mol. The topological polar surface area (TPSA) is 38.8 Å². The Hall–Kier alpha value is -2.49. The van der Waals surface area contributed by atoms with Crippen LogP contribution in [-0.4, -0.2) is 20.1 Å². The van der Waals surface area contributed by atoms with Crippen LogP contribution in [0.5, 0.6) is 11.5 Å². The summed E-state index contributed by atoms with van der Waals surface area (Å²) in [5.74, 6) is 2.45. The molecule has 1 heterocycles. The van der Waals surface area contributed by atoms with E-state index in [1.165, 1.54) is 0 Å². The summed E-state index contributed by atoms with van der Waals surface area (Å²) in [6, 6.07) is 15.7. The van der Waals surface area contributed by atoms with Gasteiger partial charge in [0, 0.05) is 11.3 Å². The molecule has 1 saturated carbocycles. The van der Waals surface area contributed by atoms with Crippen molar-refractivity contribution in [3.05, 3.63) is 54.1 Å². The van der Waals surface area contributed by atoms with Crippen molar-refractivity contribution in [2.75, 3.05) is 19.1 Å². The highest BCUT2D eigenvalue weighted by atomic mass is 16.5. The molecule has 0 unspecified atom stereocenters. The summed E-state index contributed by atoms with van der Waals surface area (Å²) >= 11 is 0. The van der Waals surface area contributed by atoms with Gasteiger partial charge in [-0.05, 0) is 49.1 Å². The number of amides is 1. The first-order valence-electron chi connectivity index (χ1n) is 8.34. The maximum Gasteiger partial charge on any atom is 0.233 e. The predicted octanol–water partition coefficient (Wildman–Crippen LogP) is 3.82. The van der Waals surface area contributed by atoms with E-state index in [4.69, 9.17) is 9.47 Å². The van der Waals surface area contributed by atoms with E-state index in [1.54, 1.807) is 14.2 Å². The Bertz CT molecular complexity index is 752. The lowest BCUT2D eigenvalue weighted by atomic mass is 9.78. The second-order valence-electron chi connectivity index (χ2n) is 6.46. The summed E-state index contributed by atoms with van der Waals surface area (Å²) in [7, 11) is 3.33. The van der Waals surface area contributed by atoms with Crippen molar-refractivity contribution < 1.29 is 14.3 Å². The van der Waals surface area contributed by atoms with Crippen LogP contribution in [0.4, 0.5) is 5.69 Å². The molecule has 2 aromatic carbocycles. The van der Waals surface area contributed by atoms with Crippen LogP contribution in [0.3, 0.4) is 0 Å². The van der Waals surface area contributed by atoms with E-state index < -0.39 is 0 Å². The SMILES string of the molecule is COc1ccc(N2C(=O)[C@H](C3CC3)[C@H]2c2ccccc2OC)cc1. The van der Waals surface area contributed by atoms with Gasteiger partial charge in [0.1, 0.15) is 11.5 Å². The smallest absolute Gasteiger partial charge is 0.233 e. The number of hydrogen-bond acceptors (Lipinski definition) is 3. The fraction of sp³-hybridized carbons (Fsp3) is 0.350. The Morgan fingerprint density at radius 1 is 0.958 bits per heavy atom. The summed E-state index contributed by atoms with van der Waals surface area (Å²) < 4.78 is 10.8. The second-order valence-corrected chi connectivity index (χ2v) is 6.46. The Morgan fingerprint density at radius 2 is 1.67 bits per heavy atom. The molecule has 2 fully saturated rings. The zero-order valence-corrected chi connectivity index (χ0v) is 13.9. The van der Waals surface area contributed by atoms with Gasteiger partial charge < -0.3 is 14.4 Å². The van der Waals surface area contributed by atoms with Crippen molar-refractivity contribution in [3.63, 3.8) is 0 Å². The van der Waals surface area contributed by atoms with Gasteiger partial charge in [-0.1, -0.05) is 18.2 Å². The minimum atomic E-state index is 0.0505. The molecule has 0 N–H and O–H groups in total. The molecule has 2 aromatic rings. The van der Waals surface area contributed by atoms with Crippen LogP contribution in [0.1, 0.15) is 24.4 Å². The Balaban J connectivity index is 1.73. The van der Waals surface area contributed by atoms with Gasteiger partial charge in [0.25, 0.3) is 0 Å². The fourth-order valence-electron chi connectivity index (χ4n) is 3.70. The molecule has 1 aliphatic heterocycles. The molecule has 4 heteroatoms. The maximum absolute atomic E-state index is 12.8. The first kappa shape index (κ1) is 15.1. The van der Waals surface area contributed by atoms with Gasteiger partial charge in [-0.15, -0.1) is 0 Å². The van der Waals surface area contributed by atoms with Crippen LogP contribution < -0.4 is 14.4 Å². The average molecular weight is 323 g/mol.